The van der Waals surface area contributed by atoms with Crippen LogP contribution in [0.15, 0.2) is 58.1 Å². The van der Waals surface area contributed by atoms with E-state index in [-0.39, 0.29) is 52.9 Å². The zero-order valence-electron chi connectivity index (χ0n) is 35.4. The third-order valence-electron chi connectivity index (χ3n) is 13.1. The molecule has 2 aromatic carbocycles. The number of pyridine rings is 4. The number of nitrogens with zero attached hydrogens (tertiary/aromatic N) is 6. The number of hydrogen-bond acceptors (Lipinski definition) is 11. The molecule has 61 heavy (non-hydrogen) atoms. The number of rotatable bonds is 6. The molecule has 2 aliphatic heterocycles. The average molecular weight is 823 g/mol. The Morgan fingerprint density at radius 3 is 1.70 bits per heavy atom. The van der Waals surface area contributed by atoms with Gasteiger partial charge in [-0.25, -0.2) is 9.97 Å². The summed E-state index contributed by atoms with van der Waals surface area (Å²) in [5.41, 5.74) is 8.80. The predicted molar refractivity (Wildman–Crippen MR) is 233 cm³/mol. The number of ketones is 2. The van der Waals surface area contributed by atoms with Crippen LogP contribution in [0, 0.1) is 0 Å². The van der Waals surface area contributed by atoms with Gasteiger partial charge in [-0.3, -0.25) is 19.2 Å². The van der Waals surface area contributed by atoms with Gasteiger partial charge >= 0.3 is 0 Å². The molecular formula is C48H50N6O7. The van der Waals surface area contributed by atoms with Crippen molar-refractivity contribution in [3.8, 4) is 34.3 Å². The highest BCUT2D eigenvalue weighted by Gasteiger charge is 2.43. The second-order valence-corrected chi connectivity index (χ2v) is 17.5. The van der Waals surface area contributed by atoms with E-state index in [1.165, 1.54) is 0 Å². The number of carbonyl (C=O) groups is 2. The first-order chi connectivity index (χ1) is 29.1. The van der Waals surface area contributed by atoms with E-state index in [0.29, 0.717) is 74.4 Å². The molecule has 314 valence electrons. The summed E-state index contributed by atoms with van der Waals surface area (Å²) in [5, 5.41) is 33.7. The topological polar surface area (TPSA) is 171 Å². The van der Waals surface area contributed by atoms with Gasteiger partial charge in [0, 0.05) is 81.6 Å². The standard InChI is InChI=1S/C24H25N3O4.C24H25N3O3/c1-4-24(31)17-10-19-22-13(11-27(19)23(30)14(17)5-8-21(24)29)9-15-16(12-26(2)3)20(28)7-6-18(15)25-22;1-4-14-16-10-20-23-13(11-27(20)24(30)15(16)5-7-21(14)28)9-17-18(12-26(2)3)22(29)8-6-19(17)25-23/h6-7,9-10,28,31H,4-5,8,11-12H2,1-3H3;6,8-10,14,29H,4-5,7,11-12H2,1-3H3/t24-;14-/m01/s1. The van der Waals surface area contributed by atoms with Crippen molar-refractivity contribution < 1.29 is 24.9 Å². The van der Waals surface area contributed by atoms with E-state index in [9.17, 15) is 34.5 Å². The minimum atomic E-state index is -1.62. The fourth-order valence-electron chi connectivity index (χ4n) is 9.96. The molecule has 0 bridgehead atoms. The van der Waals surface area contributed by atoms with E-state index < -0.39 is 5.60 Å². The fourth-order valence-corrected chi connectivity index (χ4v) is 9.96. The third kappa shape index (κ3) is 6.40. The maximum Gasteiger partial charge on any atom is 0.254 e. The molecule has 10 rings (SSSR count). The third-order valence-corrected chi connectivity index (χ3v) is 13.1. The number of aromatic nitrogens is 4. The number of hydrogen-bond donors (Lipinski definition) is 3. The first-order valence-electron chi connectivity index (χ1n) is 21.0. The lowest BCUT2D eigenvalue weighted by Crippen LogP contribution is -2.43. The van der Waals surface area contributed by atoms with Crippen molar-refractivity contribution in [1.29, 1.82) is 0 Å². The minimum absolute atomic E-state index is 0.00636. The van der Waals surface area contributed by atoms with E-state index >= 15 is 0 Å². The van der Waals surface area contributed by atoms with E-state index in [0.717, 1.165) is 66.6 Å². The van der Waals surface area contributed by atoms with Crippen molar-refractivity contribution in [2.24, 2.45) is 0 Å². The van der Waals surface area contributed by atoms with Gasteiger partial charge in [0.15, 0.2) is 5.78 Å². The van der Waals surface area contributed by atoms with Crippen LogP contribution in [0.1, 0.15) is 90.0 Å². The van der Waals surface area contributed by atoms with Crippen LogP contribution < -0.4 is 11.1 Å². The number of carbonyl (C=O) groups excluding carboxylic acids is 2. The molecule has 0 amide bonds. The van der Waals surface area contributed by atoms with Crippen molar-refractivity contribution >= 4 is 33.4 Å². The maximum atomic E-state index is 13.3. The van der Waals surface area contributed by atoms with Gasteiger partial charge in [-0.2, -0.15) is 0 Å². The van der Waals surface area contributed by atoms with Crippen LogP contribution in [0.2, 0.25) is 0 Å². The molecule has 2 atom stereocenters. The predicted octanol–water partition coefficient (Wildman–Crippen LogP) is 5.51. The Morgan fingerprint density at radius 2 is 1.20 bits per heavy atom. The lowest BCUT2D eigenvalue weighted by Gasteiger charge is -2.32. The van der Waals surface area contributed by atoms with Crippen molar-refractivity contribution in [1.82, 2.24) is 28.9 Å². The lowest BCUT2D eigenvalue weighted by atomic mass is 9.77. The van der Waals surface area contributed by atoms with Crippen LogP contribution in [0.25, 0.3) is 44.6 Å². The number of aromatic hydroxyl groups is 2. The number of Topliss-reactive ketones (excluding diaryl/α,β-unsaturated/α-hetero) is 2. The molecule has 6 heterocycles. The van der Waals surface area contributed by atoms with Crippen LogP contribution >= 0.6 is 0 Å². The van der Waals surface area contributed by atoms with Gasteiger partial charge in [0.1, 0.15) is 22.9 Å². The lowest BCUT2D eigenvalue weighted by molar-refractivity contribution is -0.140. The molecule has 0 saturated heterocycles. The highest BCUT2D eigenvalue weighted by molar-refractivity contribution is 5.93. The zero-order chi connectivity index (χ0) is 43.2. The molecule has 6 aromatic rings. The van der Waals surface area contributed by atoms with Gasteiger partial charge < -0.3 is 34.3 Å². The van der Waals surface area contributed by atoms with Crippen LogP contribution in [0.4, 0.5) is 0 Å². The van der Waals surface area contributed by atoms with Gasteiger partial charge in [0.05, 0.1) is 46.9 Å². The van der Waals surface area contributed by atoms with Crippen LogP contribution in [0.3, 0.4) is 0 Å². The Bertz CT molecular complexity index is 3000. The largest absolute Gasteiger partial charge is 0.508 e. The van der Waals surface area contributed by atoms with Gasteiger partial charge in [-0.1, -0.05) is 13.8 Å². The highest BCUT2D eigenvalue weighted by atomic mass is 16.3. The second-order valence-electron chi connectivity index (χ2n) is 17.5. The Morgan fingerprint density at radius 1 is 0.689 bits per heavy atom. The molecular weight excluding hydrogens is 773 g/mol. The molecule has 0 saturated carbocycles. The van der Waals surface area contributed by atoms with Crippen molar-refractivity contribution in [3.05, 3.63) is 114 Å². The average Bonchev–Trinajstić information content (AvgIpc) is 3.78. The first-order valence-corrected chi connectivity index (χ1v) is 21.0. The molecule has 13 heteroatoms. The van der Waals surface area contributed by atoms with Crippen molar-refractivity contribution in [2.75, 3.05) is 28.2 Å². The summed E-state index contributed by atoms with van der Waals surface area (Å²) >= 11 is 0. The Labute approximate surface area is 352 Å². The molecule has 2 aliphatic carbocycles. The number of aliphatic hydroxyl groups is 1. The molecule has 0 unspecified atom stereocenters. The molecule has 0 spiro atoms. The van der Waals surface area contributed by atoms with Gasteiger partial charge in [-0.05, 0) is 108 Å². The summed E-state index contributed by atoms with van der Waals surface area (Å²) in [5.74, 6) is 0.270. The Balaban J connectivity index is 0.000000156. The SMILES string of the molecule is CC[C@@]1(O)C(=O)CCc2c1cc1n(c2=O)Cc2cc3c(CN(C)C)c(O)ccc3nc2-1.CC[C@H]1C(=O)CCc2c1cc1n(c2=O)Cc2cc3c(CN(C)C)c(O)ccc3nc2-1. The van der Waals surface area contributed by atoms with Crippen LogP contribution in [-0.4, -0.2) is 84.0 Å². The summed E-state index contributed by atoms with van der Waals surface area (Å²) in [4.78, 5) is 65.2. The highest BCUT2D eigenvalue weighted by Crippen LogP contribution is 2.41. The summed E-state index contributed by atoms with van der Waals surface area (Å²) in [6.07, 6.45) is 2.43. The molecule has 3 N–H and O–H groups in total. The van der Waals surface area contributed by atoms with Gasteiger partial charge in [0.2, 0.25) is 0 Å². The van der Waals surface area contributed by atoms with Gasteiger partial charge in [-0.15, -0.1) is 0 Å². The van der Waals surface area contributed by atoms with E-state index in [1.807, 2.05) is 63.1 Å². The maximum absolute atomic E-state index is 13.3. The molecule has 13 nitrogen and oxygen atoms in total. The Hall–Kier alpha value is -6.02. The first kappa shape index (κ1) is 40.4. The van der Waals surface area contributed by atoms with Crippen LogP contribution in [0.5, 0.6) is 11.5 Å². The van der Waals surface area contributed by atoms with E-state index in [1.54, 1.807) is 40.3 Å². The second kappa shape index (κ2) is 14.9. The summed E-state index contributed by atoms with van der Waals surface area (Å²) in [6.45, 7) is 5.79. The number of phenolic OH excluding ortho intramolecular Hbond substituents is 2. The molecule has 4 aromatic heterocycles. The minimum Gasteiger partial charge on any atom is -0.508 e. The molecule has 4 aliphatic rings. The summed E-state index contributed by atoms with van der Waals surface area (Å²) in [7, 11) is 7.80. The normalized spacial score (nSPS) is 18.5. The smallest absolute Gasteiger partial charge is 0.254 e. The Kier molecular flexibility index (Phi) is 9.84. The fraction of sp³-hybridized carbons (Fsp3) is 0.375. The van der Waals surface area contributed by atoms with E-state index in [4.69, 9.17) is 9.97 Å². The monoisotopic (exact) mass is 822 g/mol. The molecule has 0 fully saturated rings. The zero-order valence-corrected chi connectivity index (χ0v) is 35.4. The number of benzene rings is 2. The molecule has 0 radical (unpaired) electrons. The summed E-state index contributed by atoms with van der Waals surface area (Å²) < 4.78 is 3.48. The quantitative estimate of drug-likeness (QED) is 0.193. The van der Waals surface area contributed by atoms with E-state index in [2.05, 4.69) is 6.07 Å². The van der Waals surface area contributed by atoms with Crippen molar-refractivity contribution in [3.63, 3.8) is 0 Å². The van der Waals surface area contributed by atoms with Crippen LogP contribution in [-0.2, 0) is 54.2 Å². The van der Waals surface area contributed by atoms with Crippen molar-refractivity contribution in [2.45, 2.75) is 90.1 Å². The number of fused-ring (bicyclic) bond motifs is 10. The summed E-state index contributed by atoms with van der Waals surface area (Å²) in [6, 6.07) is 14.8. The van der Waals surface area contributed by atoms with Gasteiger partial charge in [0.25, 0.3) is 11.1 Å². The number of phenols is 2.